The molecule has 1 heterocycles. The molecule has 0 radical (unpaired) electrons. The smallest absolute Gasteiger partial charge is 0.142 e. The van der Waals surface area contributed by atoms with Crippen molar-refractivity contribution in [3.8, 4) is 0 Å². The fraction of sp³-hybridized carbons (Fsp3) is 0.778. The van der Waals surface area contributed by atoms with Crippen molar-refractivity contribution in [2.24, 2.45) is 5.92 Å². The van der Waals surface area contributed by atoms with Crippen molar-refractivity contribution in [1.29, 1.82) is 0 Å². The van der Waals surface area contributed by atoms with Gasteiger partial charge in [-0.2, -0.15) is 4.37 Å². The number of alkyl halides is 1. The molecular weight excluding hydrogens is 204 g/mol. The zero-order valence-corrected chi connectivity index (χ0v) is 9.24. The van der Waals surface area contributed by atoms with Gasteiger partial charge in [-0.3, -0.25) is 0 Å². The van der Waals surface area contributed by atoms with Crippen molar-refractivity contribution in [2.75, 3.05) is 0 Å². The molecule has 0 bridgehead atoms. The summed E-state index contributed by atoms with van der Waals surface area (Å²) in [5.41, 5.74) is 0. The van der Waals surface area contributed by atoms with E-state index in [0.29, 0.717) is 0 Å². The molecule has 1 aliphatic carbocycles. The van der Waals surface area contributed by atoms with Crippen LogP contribution in [0.2, 0.25) is 0 Å². The summed E-state index contributed by atoms with van der Waals surface area (Å²) >= 11 is 7.71. The third kappa shape index (κ3) is 2.41. The topological polar surface area (TPSA) is 25.8 Å². The summed E-state index contributed by atoms with van der Waals surface area (Å²) in [4.78, 5) is 4.40. The van der Waals surface area contributed by atoms with Gasteiger partial charge in [-0.15, -0.1) is 11.6 Å². The third-order valence-corrected chi connectivity index (χ3v) is 3.61. The molecule has 0 amide bonds. The van der Waals surface area contributed by atoms with Gasteiger partial charge in [0.1, 0.15) is 10.8 Å². The van der Waals surface area contributed by atoms with E-state index in [1.165, 1.54) is 24.4 Å². The first-order valence-electron chi connectivity index (χ1n) is 4.75. The quantitative estimate of drug-likeness (QED) is 0.724. The molecule has 1 aromatic heterocycles. The zero-order chi connectivity index (χ0) is 9.26. The van der Waals surface area contributed by atoms with Crippen molar-refractivity contribution < 1.29 is 0 Å². The number of nitrogens with zero attached hydrogens (tertiary/aromatic N) is 2. The maximum atomic E-state index is 6.20. The van der Waals surface area contributed by atoms with Crippen LogP contribution in [-0.2, 0) is 12.8 Å². The summed E-state index contributed by atoms with van der Waals surface area (Å²) in [6.45, 7) is 2.07. The molecule has 1 aliphatic rings. The Kier molecular flexibility index (Phi) is 2.84. The third-order valence-electron chi connectivity index (χ3n) is 2.33. The molecule has 0 spiro atoms. The summed E-state index contributed by atoms with van der Waals surface area (Å²) in [5, 5.41) is 1.39. The molecule has 4 heteroatoms. The first-order valence-corrected chi connectivity index (χ1v) is 5.96. The van der Waals surface area contributed by atoms with Crippen LogP contribution in [0, 0.1) is 5.92 Å². The van der Waals surface area contributed by atoms with Crippen LogP contribution in [-0.4, -0.2) is 14.7 Å². The van der Waals surface area contributed by atoms with Crippen LogP contribution in [0.1, 0.15) is 30.6 Å². The van der Waals surface area contributed by atoms with Crippen molar-refractivity contribution in [2.45, 2.75) is 38.0 Å². The van der Waals surface area contributed by atoms with Gasteiger partial charge in [0, 0.05) is 18.2 Å². The largest absolute Gasteiger partial charge is 0.225 e. The van der Waals surface area contributed by atoms with Gasteiger partial charge < -0.3 is 0 Å². The lowest BCUT2D eigenvalue weighted by Crippen LogP contribution is -2.05. The summed E-state index contributed by atoms with van der Waals surface area (Å²) in [7, 11) is 0. The van der Waals surface area contributed by atoms with E-state index in [9.17, 15) is 0 Å². The second-order valence-electron chi connectivity index (χ2n) is 3.52. The van der Waals surface area contributed by atoms with Gasteiger partial charge in [-0.1, -0.05) is 6.92 Å². The molecule has 13 heavy (non-hydrogen) atoms. The molecule has 1 saturated carbocycles. The Labute approximate surface area is 87.5 Å². The van der Waals surface area contributed by atoms with E-state index in [2.05, 4.69) is 16.3 Å². The average molecular weight is 217 g/mol. The molecule has 72 valence electrons. The van der Waals surface area contributed by atoms with Crippen LogP contribution in [0.4, 0.5) is 0 Å². The number of halogens is 1. The number of hydrogen-bond acceptors (Lipinski definition) is 3. The molecule has 1 aromatic rings. The van der Waals surface area contributed by atoms with Gasteiger partial charge >= 0.3 is 0 Å². The van der Waals surface area contributed by atoms with E-state index in [1.807, 2.05) is 0 Å². The number of aryl methyl sites for hydroxylation is 1. The molecule has 2 nitrogen and oxygen atoms in total. The first kappa shape index (κ1) is 9.41. The van der Waals surface area contributed by atoms with Crippen LogP contribution < -0.4 is 0 Å². The van der Waals surface area contributed by atoms with Gasteiger partial charge in [0.2, 0.25) is 0 Å². The van der Waals surface area contributed by atoms with Crippen LogP contribution >= 0.6 is 23.1 Å². The molecule has 0 aromatic carbocycles. The van der Waals surface area contributed by atoms with Crippen molar-refractivity contribution in [3.63, 3.8) is 0 Å². The van der Waals surface area contributed by atoms with Crippen molar-refractivity contribution >= 4 is 23.1 Å². The fourth-order valence-electron chi connectivity index (χ4n) is 1.31. The Hall–Kier alpha value is -0.150. The fourth-order valence-corrected chi connectivity index (χ4v) is 2.58. The van der Waals surface area contributed by atoms with Crippen molar-refractivity contribution in [1.82, 2.24) is 9.36 Å². The lowest BCUT2D eigenvalue weighted by Gasteiger charge is -2.02. The SMILES string of the molecule is CCc1nsc(CC(Cl)C2CC2)n1. The highest BCUT2D eigenvalue weighted by atomic mass is 35.5. The minimum atomic E-state index is 0.289. The van der Waals surface area contributed by atoms with Gasteiger partial charge in [-0.05, 0) is 30.3 Å². The number of aromatic nitrogens is 2. The standard InChI is InChI=1S/C9H13ClN2S/c1-2-8-11-9(13-12-8)5-7(10)6-3-4-6/h6-7H,2-5H2,1H3. The van der Waals surface area contributed by atoms with E-state index in [4.69, 9.17) is 11.6 Å². The molecule has 0 aliphatic heterocycles. The van der Waals surface area contributed by atoms with Crippen LogP contribution in [0.25, 0.3) is 0 Å². The summed E-state index contributed by atoms with van der Waals surface area (Å²) < 4.78 is 4.24. The number of hydrogen-bond donors (Lipinski definition) is 0. The van der Waals surface area contributed by atoms with Crippen LogP contribution in [0.3, 0.4) is 0 Å². The highest BCUT2D eigenvalue weighted by Gasteiger charge is 2.30. The maximum absolute atomic E-state index is 6.20. The maximum Gasteiger partial charge on any atom is 0.142 e. The molecule has 1 fully saturated rings. The second kappa shape index (κ2) is 3.93. The van der Waals surface area contributed by atoms with E-state index in [0.717, 1.165) is 29.6 Å². The lowest BCUT2D eigenvalue weighted by atomic mass is 10.2. The minimum Gasteiger partial charge on any atom is -0.225 e. The zero-order valence-electron chi connectivity index (χ0n) is 7.66. The normalized spacial score (nSPS) is 18.9. The van der Waals surface area contributed by atoms with Crippen LogP contribution in [0.15, 0.2) is 0 Å². The summed E-state index contributed by atoms with van der Waals surface area (Å²) in [6.07, 6.45) is 4.43. The molecule has 1 atom stereocenters. The molecule has 1 unspecified atom stereocenters. The Morgan fingerprint density at radius 1 is 1.62 bits per heavy atom. The van der Waals surface area contributed by atoms with E-state index < -0.39 is 0 Å². The van der Waals surface area contributed by atoms with Gasteiger partial charge in [-0.25, -0.2) is 4.98 Å². The molecular formula is C9H13ClN2S. The Morgan fingerprint density at radius 2 is 2.38 bits per heavy atom. The molecule has 0 saturated heterocycles. The highest BCUT2D eigenvalue weighted by Crippen LogP contribution is 2.37. The monoisotopic (exact) mass is 216 g/mol. The van der Waals surface area contributed by atoms with Gasteiger partial charge in [0.15, 0.2) is 0 Å². The number of rotatable bonds is 4. The van der Waals surface area contributed by atoms with Gasteiger partial charge in [0.25, 0.3) is 0 Å². The Balaban J connectivity index is 1.92. The Morgan fingerprint density at radius 3 is 2.92 bits per heavy atom. The van der Waals surface area contributed by atoms with Crippen molar-refractivity contribution in [3.05, 3.63) is 10.8 Å². The van der Waals surface area contributed by atoms with Gasteiger partial charge in [0.05, 0.1) is 0 Å². The summed E-state index contributed by atoms with van der Waals surface area (Å²) in [5.74, 6) is 1.70. The summed E-state index contributed by atoms with van der Waals surface area (Å²) in [6, 6.07) is 0. The average Bonchev–Trinajstić information content (AvgIpc) is 2.88. The molecule has 2 rings (SSSR count). The predicted octanol–water partition coefficient (Wildman–Crippen LogP) is 2.66. The molecule has 0 N–H and O–H groups in total. The van der Waals surface area contributed by atoms with Crippen LogP contribution in [0.5, 0.6) is 0 Å². The highest BCUT2D eigenvalue weighted by molar-refractivity contribution is 7.05. The second-order valence-corrected chi connectivity index (χ2v) is 4.91. The Bertz CT molecular complexity index is 283. The van der Waals surface area contributed by atoms with E-state index >= 15 is 0 Å². The van der Waals surface area contributed by atoms with E-state index in [1.54, 1.807) is 0 Å². The minimum absolute atomic E-state index is 0.289. The van der Waals surface area contributed by atoms with E-state index in [-0.39, 0.29) is 5.38 Å². The lowest BCUT2D eigenvalue weighted by molar-refractivity contribution is 0.731. The first-order chi connectivity index (χ1) is 6.29. The predicted molar refractivity (Wildman–Crippen MR) is 55.4 cm³/mol.